The summed E-state index contributed by atoms with van der Waals surface area (Å²) in [5.74, 6) is -2.35. The number of benzene rings is 1. The van der Waals surface area contributed by atoms with Gasteiger partial charge in [-0.05, 0) is 18.2 Å². The highest BCUT2D eigenvalue weighted by atomic mass is 35.5. The standard InChI is InChI=1S/C13H12Cl2N2O5/c1-21-11(19)6-10(18)12(13(20)22-2)17-16-9-4-3-7(14)5-8(9)15/h3-5,18H,6H2,1-2H3/b12-10+,17-16?. The second-order valence-corrected chi connectivity index (χ2v) is 4.68. The van der Waals surface area contributed by atoms with Crippen molar-refractivity contribution in [2.75, 3.05) is 14.2 Å². The maximum atomic E-state index is 11.6. The number of aliphatic hydroxyl groups excluding tert-OH is 1. The summed E-state index contributed by atoms with van der Waals surface area (Å²) in [6.45, 7) is 0. The second kappa shape index (κ2) is 8.35. The Morgan fingerprint density at radius 2 is 1.91 bits per heavy atom. The molecule has 0 fully saturated rings. The van der Waals surface area contributed by atoms with E-state index in [2.05, 4.69) is 19.7 Å². The summed E-state index contributed by atoms with van der Waals surface area (Å²) >= 11 is 11.7. The van der Waals surface area contributed by atoms with Gasteiger partial charge in [-0.1, -0.05) is 23.2 Å². The number of hydrogen-bond donors (Lipinski definition) is 1. The Bertz CT molecular complexity index is 643. The zero-order valence-electron chi connectivity index (χ0n) is 11.7. The van der Waals surface area contributed by atoms with Crippen molar-refractivity contribution in [2.45, 2.75) is 6.42 Å². The Kier molecular flexibility index (Phi) is 6.81. The van der Waals surface area contributed by atoms with Crippen molar-refractivity contribution in [3.05, 3.63) is 39.7 Å². The summed E-state index contributed by atoms with van der Waals surface area (Å²) in [4.78, 5) is 22.7. The van der Waals surface area contributed by atoms with E-state index in [0.29, 0.717) is 5.02 Å². The molecule has 1 aromatic rings. The van der Waals surface area contributed by atoms with Gasteiger partial charge in [0, 0.05) is 5.02 Å². The fourth-order valence-corrected chi connectivity index (χ4v) is 1.72. The highest BCUT2D eigenvalue weighted by Gasteiger charge is 2.19. The SMILES string of the molecule is COC(=O)C/C(O)=C(\N=Nc1ccc(Cl)cc1Cl)C(=O)OC. The van der Waals surface area contributed by atoms with Crippen LogP contribution in [-0.2, 0) is 19.1 Å². The smallest absolute Gasteiger partial charge is 0.362 e. The molecule has 118 valence electrons. The number of carbonyl (C=O) groups is 2. The van der Waals surface area contributed by atoms with E-state index >= 15 is 0 Å². The largest absolute Gasteiger partial charge is 0.509 e. The van der Waals surface area contributed by atoms with Crippen LogP contribution in [-0.4, -0.2) is 31.3 Å². The van der Waals surface area contributed by atoms with Gasteiger partial charge in [-0.15, -0.1) is 10.2 Å². The zero-order chi connectivity index (χ0) is 16.7. The molecule has 0 spiro atoms. The number of esters is 2. The first-order valence-electron chi connectivity index (χ1n) is 5.83. The third kappa shape index (κ3) is 5.01. The van der Waals surface area contributed by atoms with Gasteiger partial charge in [-0.2, -0.15) is 0 Å². The molecular weight excluding hydrogens is 335 g/mol. The molecule has 9 heteroatoms. The van der Waals surface area contributed by atoms with Gasteiger partial charge in [-0.25, -0.2) is 4.79 Å². The highest BCUT2D eigenvalue weighted by Crippen LogP contribution is 2.28. The molecule has 0 aliphatic heterocycles. The first-order chi connectivity index (χ1) is 10.4. The molecule has 0 aliphatic rings. The molecule has 0 amide bonds. The third-order valence-corrected chi connectivity index (χ3v) is 2.90. The Morgan fingerprint density at radius 3 is 2.45 bits per heavy atom. The molecule has 1 N–H and O–H groups in total. The van der Waals surface area contributed by atoms with Crippen LogP contribution in [0.1, 0.15) is 6.42 Å². The van der Waals surface area contributed by atoms with E-state index in [1.165, 1.54) is 18.2 Å². The van der Waals surface area contributed by atoms with E-state index in [-0.39, 0.29) is 10.7 Å². The summed E-state index contributed by atoms with van der Waals surface area (Å²) in [5.41, 5.74) is -0.308. The molecule has 0 aliphatic carbocycles. The lowest BCUT2D eigenvalue weighted by atomic mass is 10.3. The van der Waals surface area contributed by atoms with Crippen molar-refractivity contribution in [1.82, 2.24) is 0 Å². The van der Waals surface area contributed by atoms with E-state index in [1.54, 1.807) is 0 Å². The van der Waals surface area contributed by atoms with E-state index in [9.17, 15) is 14.7 Å². The molecule has 22 heavy (non-hydrogen) atoms. The summed E-state index contributed by atoms with van der Waals surface area (Å²) in [7, 11) is 2.24. The monoisotopic (exact) mass is 346 g/mol. The first-order valence-corrected chi connectivity index (χ1v) is 6.58. The van der Waals surface area contributed by atoms with E-state index in [0.717, 1.165) is 14.2 Å². The average molecular weight is 347 g/mol. The van der Waals surface area contributed by atoms with Crippen molar-refractivity contribution in [1.29, 1.82) is 0 Å². The summed E-state index contributed by atoms with van der Waals surface area (Å²) in [6, 6.07) is 4.44. The number of aliphatic hydroxyl groups is 1. The zero-order valence-corrected chi connectivity index (χ0v) is 13.2. The van der Waals surface area contributed by atoms with Gasteiger partial charge in [0.25, 0.3) is 0 Å². The van der Waals surface area contributed by atoms with Gasteiger partial charge >= 0.3 is 11.9 Å². The molecule has 0 bridgehead atoms. The van der Waals surface area contributed by atoms with Crippen molar-refractivity contribution < 1.29 is 24.2 Å². The number of hydrogen-bond acceptors (Lipinski definition) is 7. The van der Waals surface area contributed by atoms with Crippen LogP contribution >= 0.6 is 23.2 Å². The number of nitrogens with zero attached hydrogens (tertiary/aromatic N) is 2. The van der Waals surface area contributed by atoms with E-state index in [1.807, 2.05) is 0 Å². The molecule has 0 radical (unpaired) electrons. The molecular formula is C13H12Cl2N2O5. The van der Waals surface area contributed by atoms with Crippen LogP contribution < -0.4 is 0 Å². The van der Waals surface area contributed by atoms with Gasteiger partial charge in [0.05, 0.1) is 19.2 Å². The lowest BCUT2D eigenvalue weighted by Gasteiger charge is -2.04. The fraction of sp³-hybridized carbons (Fsp3) is 0.231. The van der Waals surface area contributed by atoms with Gasteiger partial charge in [-0.3, -0.25) is 4.79 Å². The maximum Gasteiger partial charge on any atom is 0.362 e. The molecule has 0 unspecified atom stereocenters. The van der Waals surface area contributed by atoms with Crippen LogP contribution in [0.15, 0.2) is 39.9 Å². The van der Waals surface area contributed by atoms with E-state index in [4.69, 9.17) is 23.2 Å². The van der Waals surface area contributed by atoms with Crippen molar-refractivity contribution >= 4 is 40.8 Å². The van der Waals surface area contributed by atoms with E-state index < -0.39 is 29.8 Å². The van der Waals surface area contributed by atoms with Crippen LogP contribution in [0.25, 0.3) is 0 Å². The molecule has 0 atom stereocenters. The minimum absolute atomic E-state index is 0.202. The predicted molar refractivity (Wildman–Crippen MR) is 79.3 cm³/mol. The molecule has 0 heterocycles. The number of halogens is 2. The van der Waals surface area contributed by atoms with Crippen LogP contribution in [0, 0.1) is 0 Å². The molecule has 1 rings (SSSR count). The summed E-state index contributed by atoms with van der Waals surface area (Å²) in [5, 5.41) is 17.7. The van der Waals surface area contributed by atoms with Crippen LogP contribution in [0.2, 0.25) is 10.0 Å². The summed E-state index contributed by atoms with van der Waals surface area (Å²) < 4.78 is 8.86. The number of ether oxygens (including phenoxy) is 2. The number of methoxy groups -OCH3 is 2. The summed E-state index contributed by atoms with van der Waals surface area (Å²) in [6.07, 6.45) is -0.547. The minimum Gasteiger partial charge on any atom is -0.509 e. The molecule has 0 saturated heterocycles. The number of carbonyl (C=O) groups excluding carboxylic acids is 2. The topological polar surface area (TPSA) is 97.5 Å². The Hall–Kier alpha value is -2.12. The quantitative estimate of drug-likeness (QED) is 0.380. The average Bonchev–Trinajstić information content (AvgIpc) is 2.48. The highest BCUT2D eigenvalue weighted by molar-refractivity contribution is 6.36. The van der Waals surface area contributed by atoms with Crippen molar-refractivity contribution in [2.24, 2.45) is 10.2 Å². The van der Waals surface area contributed by atoms with Gasteiger partial charge in [0.2, 0.25) is 5.70 Å². The third-order valence-electron chi connectivity index (χ3n) is 2.36. The van der Waals surface area contributed by atoms with Gasteiger partial charge < -0.3 is 14.6 Å². The first kappa shape index (κ1) is 17.9. The lowest BCUT2D eigenvalue weighted by molar-refractivity contribution is -0.140. The fourth-order valence-electron chi connectivity index (χ4n) is 1.27. The normalized spacial score (nSPS) is 12.0. The number of azo groups is 1. The Morgan fingerprint density at radius 1 is 1.23 bits per heavy atom. The van der Waals surface area contributed by atoms with Crippen molar-refractivity contribution in [3.63, 3.8) is 0 Å². The van der Waals surface area contributed by atoms with Crippen LogP contribution in [0.3, 0.4) is 0 Å². The maximum absolute atomic E-state index is 11.6. The van der Waals surface area contributed by atoms with Crippen LogP contribution in [0.5, 0.6) is 0 Å². The van der Waals surface area contributed by atoms with Crippen LogP contribution in [0.4, 0.5) is 5.69 Å². The van der Waals surface area contributed by atoms with Gasteiger partial charge in [0.1, 0.15) is 17.9 Å². The molecule has 0 saturated carbocycles. The predicted octanol–water partition coefficient (Wildman–Crippen LogP) is 3.58. The Balaban J connectivity index is 3.13. The molecule has 1 aromatic carbocycles. The lowest BCUT2D eigenvalue weighted by Crippen LogP contribution is -2.09. The molecule has 7 nitrogen and oxygen atoms in total. The van der Waals surface area contributed by atoms with Gasteiger partial charge in [0.15, 0.2) is 0 Å². The minimum atomic E-state index is -0.963. The van der Waals surface area contributed by atoms with Crippen molar-refractivity contribution in [3.8, 4) is 0 Å². The second-order valence-electron chi connectivity index (χ2n) is 3.84. The Labute approximate surface area is 136 Å². The molecule has 0 aromatic heterocycles. The number of rotatable bonds is 5.